The van der Waals surface area contributed by atoms with Gasteiger partial charge in [-0.25, -0.2) is 4.90 Å². The van der Waals surface area contributed by atoms with Gasteiger partial charge in [-0.15, -0.1) is 0 Å². The first kappa shape index (κ1) is 18.0. The summed E-state index contributed by atoms with van der Waals surface area (Å²) in [5, 5.41) is 4.03. The molecule has 2 unspecified atom stereocenters. The molecule has 0 spiro atoms. The van der Waals surface area contributed by atoms with Gasteiger partial charge in [0.1, 0.15) is 11.6 Å². The van der Waals surface area contributed by atoms with Crippen LogP contribution >= 0.6 is 0 Å². The molecule has 2 aromatic carbocycles. The third-order valence-corrected chi connectivity index (χ3v) is 5.24. The Kier molecular flexibility index (Phi) is 4.30. The maximum absolute atomic E-state index is 13.1. The Morgan fingerprint density at radius 2 is 1.68 bits per heavy atom. The van der Waals surface area contributed by atoms with Crippen LogP contribution in [0.5, 0.6) is 11.5 Å². The SMILES string of the molecule is COc1ccc(C2=NOC3C(=O)N(c4ccc(C)c(C)c4)C(=O)C23)cc1OC. The molecule has 28 heavy (non-hydrogen) atoms. The molecule has 7 nitrogen and oxygen atoms in total. The average molecular weight is 380 g/mol. The minimum atomic E-state index is -0.947. The predicted octanol–water partition coefficient (Wildman–Crippen LogP) is 2.61. The van der Waals surface area contributed by atoms with E-state index in [4.69, 9.17) is 14.3 Å². The summed E-state index contributed by atoms with van der Waals surface area (Å²) in [5.41, 5.74) is 3.70. The summed E-state index contributed by atoms with van der Waals surface area (Å²) in [6.07, 6.45) is -0.947. The van der Waals surface area contributed by atoms with Crippen molar-refractivity contribution in [2.45, 2.75) is 20.0 Å². The fourth-order valence-electron chi connectivity index (χ4n) is 3.53. The molecular weight excluding hydrogens is 360 g/mol. The highest BCUT2D eigenvalue weighted by atomic mass is 16.7. The van der Waals surface area contributed by atoms with E-state index in [0.717, 1.165) is 11.1 Å². The van der Waals surface area contributed by atoms with Gasteiger partial charge in [-0.1, -0.05) is 11.2 Å². The Hall–Kier alpha value is -3.35. The van der Waals surface area contributed by atoms with E-state index >= 15 is 0 Å². The van der Waals surface area contributed by atoms with Gasteiger partial charge in [0, 0.05) is 5.56 Å². The Morgan fingerprint density at radius 3 is 2.36 bits per heavy atom. The van der Waals surface area contributed by atoms with E-state index in [9.17, 15) is 9.59 Å². The highest BCUT2D eigenvalue weighted by Gasteiger charge is 2.56. The van der Waals surface area contributed by atoms with Gasteiger partial charge in [-0.3, -0.25) is 9.59 Å². The van der Waals surface area contributed by atoms with Crippen molar-refractivity contribution in [3.05, 3.63) is 53.1 Å². The number of anilines is 1. The topological polar surface area (TPSA) is 77.4 Å². The second-order valence-corrected chi connectivity index (χ2v) is 6.83. The molecule has 0 saturated carbocycles. The molecule has 0 bridgehead atoms. The van der Waals surface area contributed by atoms with E-state index in [0.29, 0.717) is 28.5 Å². The Labute approximate surface area is 162 Å². The monoisotopic (exact) mass is 380 g/mol. The number of carbonyl (C=O) groups excluding carboxylic acids is 2. The predicted molar refractivity (Wildman–Crippen MR) is 103 cm³/mol. The molecule has 0 N–H and O–H groups in total. The second-order valence-electron chi connectivity index (χ2n) is 6.83. The molecule has 2 aliphatic rings. The van der Waals surface area contributed by atoms with Crippen LogP contribution < -0.4 is 14.4 Å². The average Bonchev–Trinajstić information content (AvgIpc) is 3.24. The number of rotatable bonds is 4. The molecule has 1 fully saturated rings. The molecule has 4 rings (SSSR count). The van der Waals surface area contributed by atoms with Crippen LogP contribution in [-0.4, -0.2) is 37.8 Å². The number of fused-ring (bicyclic) bond motifs is 1. The van der Waals surface area contributed by atoms with Gasteiger partial charge < -0.3 is 14.3 Å². The summed E-state index contributed by atoms with van der Waals surface area (Å²) in [6.45, 7) is 3.92. The molecule has 0 aromatic heterocycles. The number of methoxy groups -OCH3 is 2. The molecule has 2 heterocycles. The van der Waals surface area contributed by atoms with Crippen molar-refractivity contribution in [3.8, 4) is 11.5 Å². The van der Waals surface area contributed by atoms with Crippen molar-refractivity contribution < 1.29 is 23.9 Å². The fraction of sp³-hybridized carbons (Fsp3) is 0.286. The maximum atomic E-state index is 13.1. The maximum Gasteiger partial charge on any atom is 0.278 e. The molecule has 2 aromatic rings. The van der Waals surface area contributed by atoms with Crippen LogP contribution in [0.25, 0.3) is 0 Å². The molecule has 1 saturated heterocycles. The van der Waals surface area contributed by atoms with Crippen LogP contribution in [0.3, 0.4) is 0 Å². The Morgan fingerprint density at radius 1 is 0.929 bits per heavy atom. The first-order valence-electron chi connectivity index (χ1n) is 8.87. The van der Waals surface area contributed by atoms with Crippen LogP contribution in [0.1, 0.15) is 16.7 Å². The number of hydrogen-bond acceptors (Lipinski definition) is 6. The van der Waals surface area contributed by atoms with Crippen LogP contribution in [0.15, 0.2) is 41.6 Å². The second kappa shape index (κ2) is 6.67. The fourth-order valence-corrected chi connectivity index (χ4v) is 3.53. The normalized spacial score (nSPS) is 20.7. The molecule has 2 atom stereocenters. The van der Waals surface area contributed by atoms with Crippen LogP contribution in [-0.2, 0) is 14.4 Å². The third kappa shape index (κ3) is 2.62. The number of nitrogens with zero attached hydrogens (tertiary/aromatic N) is 2. The number of hydrogen-bond donors (Lipinski definition) is 0. The smallest absolute Gasteiger partial charge is 0.278 e. The summed E-state index contributed by atoms with van der Waals surface area (Å²) in [4.78, 5) is 32.6. The van der Waals surface area contributed by atoms with Crippen LogP contribution in [0, 0.1) is 19.8 Å². The molecule has 2 amide bonds. The minimum absolute atomic E-state index is 0.343. The summed E-state index contributed by atoms with van der Waals surface area (Å²) in [6, 6.07) is 10.7. The molecule has 0 radical (unpaired) electrons. The first-order valence-corrected chi connectivity index (χ1v) is 8.87. The van der Waals surface area contributed by atoms with E-state index in [2.05, 4.69) is 5.16 Å². The number of oxime groups is 1. The molecule has 2 aliphatic heterocycles. The van der Waals surface area contributed by atoms with Gasteiger partial charge in [0.15, 0.2) is 11.5 Å². The van der Waals surface area contributed by atoms with Gasteiger partial charge in [-0.05, 0) is 55.3 Å². The zero-order valence-corrected chi connectivity index (χ0v) is 16.1. The zero-order chi connectivity index (χ0) is 20.0. The lowest BCUT2D eigenvalue weighted by atomic mass is 9.94. The van der Waals surface area contributed by atoms with Crippen LogP contribution in [0.2, 0.25) is 0 Å². The van der Waals surface area contributed by atoms with Crippen molar-refractivity contribution in [3.63, 3.8) is 0 Å². The summed E-state index contributed by atoms with van der Waals surface area (Å²) < 4.78 is 10.6. The van der Waals surface area contributed by atoms with Crippen LogP contribution in [0.4, 0.5) is 5.69 Å². The van der Waals surface area contributed by atoms with Crippen molar-refractivity contribution in [2.75, 3.05) is 19.1 Å². The highest BCUT2D eigenvalue weighted by molar-refractivity contribution is 6.32. The number of imide groups is 1. The lowest BCUT2D eigenvalue weighted by molar-refractivity contribution is -0.126. The highest BCUT2D eigenvalue weighted by Crippen LogP contribution is 2.37. The largest absolute Gasteiger partial charge is 0.493 e. The zero-order valence-electron chi connectivity index (χ0n) is 16.1. The number of amides is 2. The lowest BCUT2D eigenvalue weighted by Gasteiger charge is -2.17. The Bertz CT molecular complexity index is 1010. The standard InChI is InChI=1S/C21H20N2O5/c1-11-5-7-14(9-12(11)2)23-20(24)17-18(22-28-19(17)21(23)25)13-6-8-15(26-3)16(10-13)27-4/h5-10,17,19H,1-4H3. The molecule has 7 heteroatoms. The van der Waals surface area contributed by atoms with Crippen molar-refractivity contribution >= 4 is 23.2 Å². The van der Waals surface area contributed by atoms with E-state index in [-0.39, 0.29) is 5.91 Å². The Balaban J connectivity index is 1.70. The number of aryl methyl sites for hydroxylation is 2. The van der Waals surface area contributed by atoms with E-state index in [1.54, 1.807) is 31.4 Å². The third-order valence-electron chi connectivity index (χ3n) is 5.24. The number of benzene rings is 2. The minimum Gasteiger partial charge on any atom is -0.493 e. The molecule has 0 aliphatic carbocycles. The van der Waals surface area contributed by atoms with Crippen molar-refractivity contribution in [1.29, 1.82) is 0 Å². The lowest BCUT2D eigenvalue weighted by Crippen LogP contribution is -2.33. The summed E-state index contributed by atoms with van der Waals surface area (Å²) in [5.74, 6) is -0.462. The van der Waals surface area contributed by atoms with Crippen molar-refractivity contribution in [2.24, 2.45) is 11.1 Å². The quantitative estimate of drug-likeness (QED) is 0.762. The number of ether oxygens (including phenoxy) is 2. The summed E-state index contributed by atoms with van der Waals surface area (Å²) >= 11 is 0. The van der Waals surface area contributed by atoms with Gasteiger partial charge >= 0.3 is 0 Å². The van der Waals surface area contributed by atoms with E-state index < -0.39 is 17.9 Å². The van der Waals surface area contributed by atoms with Gasteiger partial charge in [0.2, 0.25) is 12.0 Å². The summed E-state index contributed by atoms with van der Waals surface area (Å²) in [7, 11) is 3.08. The van der Waals surface area contributed by atoms with Gasteiger partial charge in [0.25, 0.3) is 5.91 Å². The molecular formula is C21H20N2O5. The van der Waals surface area contributed by atoms with Gasteiger partial charge in [0.05, 0.1) is 19.9 Å². The van der Waals surface area contributed by atoms with E-state index in [1.807, 2.05) is 26.0 Å². The first-order chi connectivity index (χ1) is 13.5. The van der Waals surface area contributed by atoms with Crippen molar-refractivity contribution in [1.82, 2.24) is 0 Å². The number of carbonyl (C=O) groups is 2. The van der Waals surface area contributed by atoms with Gasteiger partial charge in [-0.2, -0.15) is 0 Å². The molecule has 144 valence electrons. The van der Waals surface area contributed by atoms with E-state index in [1.165, 1.54) is 12.0 Å².